The molecular formula is C33H45F6NO3. The largest absolute Gasteiger partial charge is 0.462 e. The molecule has 0 radical (unpaired) electrons. The van der Waals surface area contributed by atoms with Crippen LogP contribution in [0.1, 0.15) is 98.8 Å². The van der Waals surface area contributed by atoms with Gasteiger partial charge in [0, 0.05) is 30.5 Å². The predicted molar refractivity (Wildman–Crippen MR) is 152 cm³/mol. The molecule has 4 rings (SSSR count). The van der Waals surface area contributed by atoms with Crippen LogP contribution < -0.4 is 5.32 Å². The standard InChI is InChI=1S/C33H45F6NO3/c1-6-22(33(37,38)39)17-21(11-16-32(34,35)36)29(42)40-19(2)26-9-10-27-25-8-7-23-18-24(43-20(3)41)12-14-30(23,4)28(25)13-15-31(26,27)5/h7,11,17,19,24-28H,6,8-10,12-16,18H2,1-5H3,(H,40,42)/b21-11+,22-17+/t19-,24-,25-,26+,27-,28-,30?,31?/m0/s1. The number of hydrogen-bond donors (Lipinski definition) is 1. The molecule has 1 N–H and O–H groups in total. The molecule has 2 unspecified atom stereocenters. The lowest BCUT2D eigenvalue weighted by atomic mass is 9.47. The summed E-state index contributed by atoms with van der Waals surface area (Å²) in [5.41, 5.74) is -0.309. The highest BCUT2D eigenvalue weighted by molar-refractivity contribution is 5.96. The molecule has 0 saturated heterocycles. The van der Waals surface area contributed by atoms with Gasteiger partial charge < -0.3 is 10.1 Å². The average Bonchev–Trinajstić information content (AvgIpc) is 3.24. The number of nitrogens with one attached hydrogen (secondary N) is 1. The third-order valence-electron chi connectivity index (χ3n) is 11.3. The van der Waals surface area contributed by atoms with E-state index in [-0.39, 0.29) is 28.8 Å². The second-order valence-corrected chi connectivity index (χ2v) is 13.7. The second-order valence-electron chi connectivity index (χ2n) is 13.7. The van der Waals surface area contributed by atoms with E-state index in [0.29, 0.717) is 29.9 Å². The van der Waals surface area contributed by atoms with Gasteiger partial charge in [0.25, 0.3) is 5.91 Å². The molecular weight excluding hydrogens is 572 g/mol. The number of carbonyl (C=O) groups excluding carboxylic acids is 2. The molecule has 0 aliphatic heterocycles. The molecule has 0 aromatic rings. The lowest BCUT2D eigenvalue weighted by Gasteiger charge is -2.58. The van der Waals surface area contributed by atoms with E-state index in [2.05, 4.69) is 25.2 Å². The third-order valence-corrected chi connectivity index (χ3v) is 11.3. The zero-order valence-corrected chi connectivity index (χ0v) is 25.8. The number of hydrogen-bond acceptors (Lipinski definition) is 3. The first-order chi connectivity index (χ1) is 19.9. The van der Waals surface area contributed by atoms with Crippen LogP contribution in [0.4, 0.5) is 26.3 Å². The zero-order chi connectivity index (χ0) is 32.0. The number of rotatable bonds is 7. The highest BCUT2D eigenvalue weighted by Crippen LogP contribution is 2.66. The number of fused-ring (bicyclic) bond motifs is 5. The molecule has 10 heteroatoms. The van der Waals surface area contributed by atoms with E-state index in [1.807, 2.05) is 6.92 Å². The van der Waals surface area contributed by atoms with E-state index >= 15 is 0 Å². The maximum absolute atomic E-state index is 13.4. The first kappa shape index (κ1) is 33.6. The molecule has 0 aromatic heterocycles. The molecule has 0 spiro atoms. The summed E-state index contributed by atoms with van der Waals surface area (Å²) in [4.78, 5) is 24.7. The molecule has 8 atom stereocenters. The molecule has 43 heavy (non-hydrogen) atoms. The summed E-state index contributed by atoms with van der Waals surface area (Å²) in [5.74, 6) is 0.281. The SMILES string of the molecule is CC/C(=C\C(=C/CC(F)(F)F)C(=O)N[C@@H](C)[C@H]1CC[C@H]2[C@@H]3CC=C4C[C@@H](OC(C)=O)CCC4(C)[C@H]3CCC12C)C(F)(F)F. The fraction of sp³-hybridized carbons (Fsp3) is 0.758. The summed E-state index contributed by atoms with van der Waals surface area (Å²) in [6, 6.07) is -0.415. The Morgan fingerprint density at radius 1 is 1.07 bits per heavy atom. The Labute approximate surface area is 250 Å². The molecule has 0 aromatic carbocycles. The zero-order valence-electron chi connectivity index (χ0n) is 25.8. The van der Waals surface area contributed by atoms with E-state index in [4.69, 9.17) is 4.74 Å². The van der Waals surface area contributed by atoms with Gasteiger partial charge in [-0.3, -0.25) is 9.59 Å². The van der Waals surface area contributed by atoms with Crippen molar-refractivity contribution < 1.29 is 40.7 Å². The van der Waals surface area contributed by atoms with Crippen LogP contribution in [-0.2, 0) is 14.3 Å². The van der Waals surface area contributed by atoms with Crippen LogP contribution in [0.5, 0.6) is 0 Å². The van der Waals surface area contributed by atoms with Gasteiger partial charge in [0.05, 0.1) is 6.42 Å². The van der Waals surface area contributed by atoms with Crippen molar-refractivity contribution in [2.45, 2.75) is 123 Å². The van der Waals surface area contributed by atoms with Gasteiger partial charge in [0.15, 0.2) is 0 Å². The number of ether oxygens (including phenoxy) is 1. The minimum Gasteiger partial charge on any atom is -0.462 e. The molecule has 4 aliphatic carbocycles. The second kappa shape index (κ2) is 12.3. The van der Waals surface area contributed by atoms with Crippen molar-refractivity contribution in [1.29, 1.82) is 0 Å². The minimum atomic E-state index is -4.74. The minimum absolute atomic E-state index is 0.0544. The van der Waals surface area contributed by atoms with Gasteiger partial charge in [-0.2, -0.15) is 26.3 Å². The lowest BCUT2D eigenvalue weighted by molar-refractivity contribution is -0.148. The predicted octanol–water partition coefficient (Wildman–Crippen LogP) is 8.78. The Bertz CT molecular complexity index is 1170. The van der Waals surface area contributed by atoms with Crippen molar-refractivity contribution in [3.63, 3.8) is 0 Å². The molecule has 3 fully saturated rings. The first-order valence-corrected chi connectivity index (χ1v) is 15.6. The summed E-state index contributed by atoms with van der Waals surface area (Å²) in [6.45, 7) is 9.14. The Kier molecular flexibility index (Phi) is 9.59. The summed E-state index contributed by atoms with van der Waals surface area (Å²) >= 11 is 0. The van der Waals surface area contributed by atoms with Crippen molar-refractivity contribution in [3.05, 3.63) is 34.9 Å². The summed E-state index contributed by atoms with van der Waals surface area (Å²) in [7, 11) is 0. The number of carbonyl (C=O) groups is 2. The van der Waals surface area contributed by atoms with Gasteiger partial charge in [0.2, 0.25) is 0 Å². The molecule has 1 amide bonds. The normalized spacial score (nSPS) is 35.7. The number of alkyl halides is 6. The van der Waals surface area contributed by atoms with Crippen LogP contribution in [0, 0.1) is 34.5 Å². The number of allylic oxidation sites excluding steroid dienone is 3. The molecule has 242 valence electrons. The summed E-state index contributed by atoms with van der Waals surface area (Å²) in [6.07, 6.45) is -0.621. The van der Waals surface area contributed by atoms with Gasteiger partial charge in [-0.25, -0.2) is 0 Å². The highest BCUT2D eigenvalue weighted by Gasteiger charge is 2.59. The quantitative estimate of drug-likeness (QED) is 0.102. The monoisotopic (exact) mass is 617 g/mol. The van der Waals surface area contributed by atoms with Crippen LogP contribution in [-0.4, -0.2) is 36.4 Å². The maximum Gasteiger partial charge on any atom is 0.412 e. The van der Waals surface area contributed by atoms with Crippen molar-refractivity contribution >= 4 is 11.9 Å². The van der Waals surface area contributed by atoms with E-state index < -0.39 is 48.3 Å². The molecule has 3 saturated carbocycles. The van der Waals surface area contributed by atoms with Crippen molar-refractivity contribution in [1.82, 2.24) is 5.32 Å². The van der Waals surface area contributed by atoms with Crippen LogP contribution in [0.15, 0.2) is 34.9 Å². The highest BCUT2D eigenvalue weighted by atomic mass is 19.4. The summed E-state index contributed by atoms with van der Waals surface area (Å²) in [5, 5.41) is 2.80. The Morgan fingerprint density at radius 2 is 1.77 bits per heavy atom. The van der Waals surface area contributed by atoms with Crippen LogP contribution in [0.3, 0.4) is 0 Å². The van der Waals surface area contributed by atoms with E-state index in [1.165, 1.54) is 19.4 Å². The average molecular weight is 618 g/mol. The van der Waals surface area contributed by atoms with E-state index in [9.17, 15) is 35.9 Å². The Balaban J connectivity index is 1.51. The molecule has 0 heterocycles. The number of halogens is 6. The molecule has 4 nitrogen and oxygen atoms in total. The lowest BCUT2D eigenvalue weighted by Crippen LogP contribution is -2.52. The molecule has 0 bridgehead atoms. The Morgan fingerprint density at radius 3 is 2.37 bits per heavy atom. The Hall–Kier alpha value is -2.26. The molecule has 4 aliphatic rings. The van der Waals surface area contributed by atoms with Crippen LogP contribution in [0.2, 0.25) is 0 Å². The number of esters is 1. The van der Waals surface area contributed by atoms with Crippen molar-refractivity contribution in [2.24, 2.45) is 34.5 Å². The fourth-order valence-corrected chi connectivity index (χ4v) is 9.23. The topological polar surface area (TPSA) is 55.4 Å². The van der Waals surface area contributed by atoms with Crippen molar-refractivity contribution in [3.8, 4) is 0 Å². The first-order valence-electron chi connectivity index (χ1n) is 15.6. The van der Waals surface area contributed by atoms with Crippen molar-refractivity contribution in [2.75, 3.05) is 0 Å². The van der Waals surface area contributed by atoms with Gasteiger partial charge >= 0.3 is 18.3 Å². The van der Waals surface area contributed by atoms with E-state index in [0.717, 1.165) is 51.4 Å². The van der Waals surface area contributed by atoms with Gasteiger partial charge in [-0.15, -0.1) is 0 Å². The van der Waals surface area contributed by atoms with E-state index in [1.54, 1.807) is 0 Å². The fourth-order valence-electron chi connectivity index (χ4n) is 9.23. The maximum atomic E-state index is 13.4. The third kappa shape index (κ3) is 7.03. The summed E-state index contributed by atoms with van der Waals surface area (Å²) < 4.78 is 84.7. The van der Waals surface area contributed by atoms with Gasteiger partial charge in [-0.05, 0) is 98.9 Å². The smallest absolute Gasteiger partial charge is 0.412 e. The number of amides is 1. The van der Waals surface area contributed by atoms with Crippen LogP contribution in [0.25, 0.3) is 0 Å². The van der Waals surface area contributed by atoms with Gasteiger partial charge in [-0.1, -0.05) is 38.5 Å². The van der Waals surface area contributed by atoms with Gasteiger partial charge in [0.1, 0.15) is 6.10 Å². The van der Waals surface area contributed by atoms with Crippen LogP contribution >= 0.6 is 0 Å².